The largest absolute Gasteiger partial charge is 0.468 e. The Morgan fingerprint density at radius 3 is 3.05 bits per heavy atom. The van der Waals surface area contributed by atoms with E-state index in [1.54, 1.807) is 17.6 Å². The Morgan fingerprint density at radius 2 is 2.37 bits per heavy atom. The van der Waals surface area contributed by atoms with Gasteiger partial charge in [-0.3, -0.25) is 4.90 Å². The predicted molar refractivity (Wildman–Crippen MR) is 75.9 cm³/mol. The van der Waals surface area contributed by atoms with Gasteiger partial charge in [0.2, 0.25) is 0 Å². The van der Waals surface area contributed by atoms with E-state index in [2.05, 4.69) is 20.6 Å². The number of rotatable bonds is 7. The van der Waals surface area contributed by atoms with Crippen LogP contribution in [0.25, 0.3) is 0 Å². The third kappa shape index (κ3) is 3.43. The first-order valence-corrected chi connectivity index (χ1v) is 7.57. The zero-order valence-corrected chi connectivity index (χ0v) is 11.9. The van der Waals surface area contributed by atoms with Crippen LogP contribution >= 0.6 is 11.3 Å². The van der Waals surface area contributed by atoms with Crippen LogP contribution < -0.4 is 5.32 Å². The fourth-order valence-electron chi connectivity index (χ4n) is 2.22. The minimum Gasteiger partial charge on any atom is -0.468 e. The lowest BCUT2D eigenvalue weighted by atomic mass is 10.3. The van der Waals surface area contributed by atoms with Crippen LogP contribution in [0.5, 0.6) is 0 Å². The molecule has 102 valence electrons. The topological polar surface area (TPSA) is 41.3 Å². The number of thiazole rings is 1. The van der Waals surface area contributed by atoms with Gasteiger partial charge < -0.3 is 9.73 Å². The van der Waals surface area contributed by atoms with Gasteiger partial charge in [0.15, 0.2) is 0 Å². The molecule has 2 heterocycles. The molecule has 1 fully saturated rings. The van der Waals surface area contributed by atoms with E-state index in [1.807, 2.05) is 19.2 Å². The summed E-state index contributed by atoms with van der Waals surface area (Å²) in [6.07, 6.45) is 4.34. The molecule has 0 spiro atoms. The van der Waals surface area contributed by atoms with Crippen LogP contribution in [-0.4, -0.2) is 23.0 Å². The molecule has 1 aliphatic rings. The van der Waals surface area contributed by atoms with Crippen molar-refractivity contribution in [3.8, 4) is 0 Å². The highest BCUT2D eigenvalue weighted by molar-refractivity contribution is 7.09. The molecule has 1 saturated carbocycles. The number of hydrogen-bond acceptors (Lipinski definition) is 5. The summed E-state index contributed by atoms with van der Waals surface area (Å²) in [5.41, 5.74) is 1.17. The smallest absolute Gasteiger partial charge is 0.117 e. The Kier molecular flexibility index (Phi) is 3.96. The van der Waals surface area contributed by atoms with Gasteiger partial charge in [0.1, 0.15) is 10.8 Å². The van der Waals surface area contributed by atoms with E-state index in [0.717, 1.165) is 30.4 Å². The monoisotopic (exact) mass is 277 g/mol. The molecule has 0 bridgehead atoms. The normalized spacial score (nSPS) is 15.3. The van der Waals surface area contributed by atoms with Gasteiger partial charge in [0.05, 0.1) is 18.5 Å². The first kappa shape index (κ1) is 12.8. The molecular weight excluding hydrogens is 258 g/mol. The summed E-state index contributed by atoms with van der Waals surface area (Å²) in [4.78, 5) is 7.13. The molecular formula is C14H19N3OS. The molecule has 0 radical (unpaired) electrons. The Bertz CT molecular complexity index is 505. The second-order valence-corrected chi connectivity index (χ2v) is 5.92. The van der Waals surface area contributed by atoms with Gasteiger partial charge >= 0.3 is 0 Å². The zero-order chi connectivity index (χ0) is 13.1. The Balaban J connectivity index is 1.63. The van der Waals surface area contributed by atoms with Gasteiger partial charge in [-0.05, 0) is 32.0 Å². The van der Waals surface area contributed by atoms with Crippen molar-refractivity contribution in [1.82, 2.24) is 15.2 Å². The van der Waals surface area contributed by atoms with Crippen molar-refractivity contribution >= 4 is 11.3 Å². The quantitative estimate of drug-likeness (QED) is 0.844. The average Bonchev–Trinajstić information content (AvgIpc) is 2.95. The lowest BCUT2D eigenvalue weighted by molar-refractivity contribution is 0.223. The minimum absolute atomic E-state index is 0.708. The third-order valence-electron chi connectivity index (χ3n) is 3.29. The van der Waals surface area contributed by atoms with Crippen molar-refractivity contribution in [3.63, 3.8) is 0 Å². The standard InChI is InChI=1S/C14H19N3OS/c1-15-7-14-16-11(10-19-14)8-17(12-4-5-12)9-13-3-2-6-18-13/h2-3,6,10,12,15H,4-5,7-9H2,1H3. The summed E-state index contributed by atoms with van der Waals surface area (Å²) in [7, 11) is 1.95. The van der Waals surface area contributed by atoms with Crippen LogP contribution in [0.2, 0.25) is 0 Å². The Morgan fingerprint density at radius 1 is 1.47 bits per heavy atom. The highest BCUT2D eigenvalue weighted by Gasteiger charge is 2.29. The van der Waals surface area contributed by atoms with E-state index in [1.165, 1.54) is 18.5 Å². The third-order valence-corrected chi connectivity index (χ3v) is 4.19. The van der Waals surface area contributed by atoms with E-state index >= 15 is 0 Å². The second kappa shape index (κ2) is 5.86. The summed E-state index contributed by atoms with van der Waals surface area (Å²) in [5, 5.41) is 6.47. The van der Waals surface area contributed by atoms with Crippen molar-refractivity contribution in [1.29, 1.82) is 0 Å². The lowest BCUT2D eigenvalue weighted by Gasteiger charge is -2.19. The van der Waals surface area contributed by atoms with E-state index < -0.39 is 0 Å². The summed E-state index contributed by atoms with van der Waals surface area (Å²) in [6.45, 7) is 2.66. The number of nitrogens with one attached hydrogen (secondary N) is 1. The van der Waals surface area contributed by atoms with Crippen molar-refractivity contribution in [3.05, 3.63) is 40.2 Å². The molecule has 1 aliphatic carbocycles. The van der Waals surface area contributed by atoms with E-state index in [4.69, 9.17) is 4.42 Å². The molecule has 2 aromatic heterocycles. The SMILES string of the molecule is CNCc1nc(CN(Cc2ccco2)C2CC2)cs1. The maximum Gasteiger partial charge on any atom is 0.117 e. The Labute approximate surface area is 117 Å². The van der Waals surface area contributed by atoms with Gasteiger partial charge in [0, 0.05) is 24.5 Å². The average molecular weight is 277 g/mol. The summed E-state index contributed by atoms with van der Waals surface area (Å²) < 4.78 is 5.45. The molecule has 3 rings (SSSR count). The van der Waals surface area contributed by atoms with Crippen LogP contribution in [0.4, 0.5) is 0 Å². The van der Waals surface area contributed by atoms with E-state index in [0.29, 0.717) is 6.04 Å². The number of aromatic nitrogens is 1. The predicted octanol–water partition coefficient (Wildman–Crippen LogP) is 2.62. The van der Waals surface area contributed by atoms with Gasteiger partial charge in [-0.15, -0.1) is 11.3 Å². The molecule has 0 unspecified atom stereocenters. The molecule has 1 N–H and O–H groups in total. The van der Waals surface area contributed by atoms with Crippen molar-refractivity contribution in [2.75, 3.05) is 7.05 Å². The van der Waals surface area contributed by atoms with Gasteiger partial charge in [0.25, 0.3) is 0 Å². The molecule has 5 heteroatoms. The van der Waals surface area contributed by atoms with Crippen LogP contribution in [0, 0.1) is 0 Å². The fourth-order valence-corrected chi connectivity index (χ4v) is 3.02. The van der Waals surface area contributed by atoms with Crippen molar-refractivity contribution in [2.45, 2.75) is 38.5 Å². The highest BCUT2D eigenvalue weighted by Crippen LogP contribution is 2.30. The first-order chi connectivity index (χ1) is 9.35. The maximum atomic E-state index is 5.45. The molecule has 0 amide bonds. The number of furan rings is 1. The summed E-state index contributed by atoms with van der Waals surface area (Å²) in [5.74, 6) is 1.04. The molecule has 0 saturated heterocycles. The van der Waals surface area contributed by atoms with Crippen LogP contribution in [0.1, 0.15) is 29.3 Å². The van der Waals surface area contributed by atoms with E-state index in [9.17, 15) is 0 Å². The Hall–Kier alpha value is -1.17. The zero-order valence-electron chi connectivity index (χ0n) is 11.1. The van der Waals surface area contributed by atoms with E-state index in [-0.39, 0.29) is 0 Å². The van der Waals surface area contributed by atoms with Crippen LogP contribution in [-0.2, 0) is 19.6 Å². The summed E-state index contributed by atoms with van der Waals surface area (Å²) in [6, 6.07) is 4.71. The number of hydrogen-bond donors (Lipinski definition) is 1. The van der Waals surface area contributed by atoms with Gasteiger partial charge in [-0.25, -0.2) is 4.98 Å². The lowest BCUT2D eigenvalue weighted by Crippen LogP contribution is -2.25. The molecule has 0 atom stereocenters. The van der Waals surface area contributed by atoms with Crippen LogP contribution in [0.15, 0.2) is 28.2 Å². The molecule has 0 aromatic carbocycles. The van der Waals surface area contributed by atoms with Crippen LogP contribution in [0.3, 0.4) is 0 Å². The van der Waals surface area contributed by atoms with Gasteiger partial charge in [-0.2, -0.15) is 0 Å². The van der Waals surface area contributed by atoms with Gasteiger partial charge in [-0.1, -0.05) is 0 Å². The fraction of sp³-hybridized carbons (Fsp3) is 0.500. The number of nitrogens with zero attached hydrogens (tertiary/aromatic N) is 2. The van der Waals surface area contributed by atoms with Crippen molar-refractivity contribution < 1.29 is 4.42 Å². The summed E-state index contributed by atoms with van der Waals surface area (Å²) >= 11 is 1.73. The highest BCUT2D eigenvalue weighted by atomic mass is 32.1. The maximum absolute atomic E-state index is 5.45. The first-order valence-electron chi connectivity index (χ1n) is 6.69. The van der Waals surface area contributed by atoms with Crippen molar-refractivity contribution in [2.24, 2.45) is 0 Å². The minimum atomic E-state index is 0.708. The second-order valence-electron chi connectivity index (χ2n) is 4.98. The molecule has 2 aromatic rings. The molecule has 19 heavy (non-hydrogen) atoms. The molecule has 4 nitrogen and oxygen atoms in total. The molecule has 0 aliphatic heterocycles.